The number of aromatic nitrogens is 1. The van der Waals surface area contributed by atoms with Crippen LogP contribution < -0.4 is 4.90 Å². The van der Waals surface area contributed by atoms with Crippen LogP contribution in [0.15, 0.2) is 259 Å². The summed E-state index contributed by atoms with van der Waals surface area (Å²) < 4.78 is 8.81. The molecule has 0 spiro atoms. The normalized spacial score (nSPS) is 11.6. The number of rotatable bonds is 8. The third-order valence-corrected chi connectivity index (χ3v) is 13.4. The predicted molar refractivity (Wildman–Crippen MR) is 282 cm³/mol. The van der Waals surface area contributed by atoms with E-state index in [-0.39, 0.29) is 0 Å². The number of fused-ring (bicyclic) bond motifs is 7. The molecule has 3 nitrogen and oxygen atoms in total. The van der Waals surface area contributed by atoms with E-state index in [1.165, 1.54) is 60.5 Å². The average molecular weight is 855 g/mol. The van der Waals surface area contributed by atoms with Crippen LogP contribution >= 0.6 is 0 Å². The fraction of sp³-hybridized carbons (Fsp3) is 0. The molecule has 0 bridgehead atoms. The number of anilines is 3. The highest BCUT2D eigenvalue weighted by atomic mass is 16.3. The lowest BCUT2D eigenvalue weighted by Crippen LogP contribution is -2.10. The lowest BCUT2D eigenvalue weighted by atomic mass is 9.96. The van der Waals surface area contributed by atoms with Crippen molar-refractivity contribution in [1.29, 1.82) is 0 Å². The van der Waals surface area contributed by atoms with Crippen molar-refractivity contribution in [3.8, 4) is 50.2 Å². The maximum atomic E-state index is 6.39. The minimum Gasteiger partial charge on any atom is -0.456 e. The van der Waals surface area contributed by atoms with Gasteiger partial charge in [0, 0.05) is 33.2 Å². The first kappa shape index (κ1) is 38.5. The summed E-state index contributed by atoms with van der Waals surface area (Å²) in [6.45, 7) is 0. The lowest BCUT2D eigenvalue weighted by molar-refractivity contribution is 0.669. The largest absolute Gasteiger partial charge is 0.456 e. The Morgan fingerprint density at radius 3 is 1.60 bits per heavy atom. The first-order valence-corrected chi connectivity index (χ1v) is 22.9. The van der Waals surface area contributed by atoms with Crippen molar-refractivity contribution >= 4 is 71.6 Å². The summed E-state index contributed by atoms with van der Waals surface area (Å²) >= 11 is 0. The van der Waals surface area contributed by atoms with Gasteiger partial charge in [-0.15, -0.1) is 0 Å². The van der Waals surface area contributed by atoms with E-state index in [2.05, 4.69) is 258 Å². The molecule has 0 amide bonds. The van der Waals surface area contributed by atoms with Crippen LogP contribution in [0, 0.1) is 0 Å². The first-order valence-electron chi connectivity index (χ1n) is 22.9. The predicted octanol–water partition coefficient (Wildman–Crippen LogP) is 18.0. The van der Waals surface area contributed by atoms with Gasteiger partial charge in [0.1, 0.15) is 11.2 Å². The molecule has 3 heteroatoms. The third-order valence-electron chi connectivity index (χ3n) is 13.4. The SMILES string of the molecule is c1ccc(-c2ccc(N(c3ccc(-c4ccc(-c5cccc6ccccc56)cc4)cc3)c3cccc(-c4cccc5c4c4ccccc4n5-c4cccc5oc6ccccc6c45)c3)cc2)cc1. The Morgan fingerprint density at radius 2 is 0.821 bits per heavy atom. The first-order chi connectivity index (χ1) is 33.2. The average Bonchev–Trinajstić information content (AvgIpc) is 3.96. The summed E-state index contributed by atoms with van der Waals surface area (Å²) in [5, 5.41) is 7.17. The fourth-order valence-electron chi connectivity index (χ4n) is 10.3. The van der Waals surface area contributed by atoms with E-state index >= 15 is 0 Å². The van der Waals surface area contributed by atoms with Gasteiger partial charge in [0.2, 0.25) is 0 Å². The minimum absolute atomic E-state index is 0.883. The summed E-state index contributed by atoms with van der Waals surface area (Å²) in [4.78, 5) is 2.37. The summed E-state index contributed by atoms with van der Waals surface area (Å²) in [5.41, 5.74) is 17.9. The van der Waals surface area contributed by atoms with Crippen molar-refractivity contribution in [2.75, 3.05) is 4.90 Å². The van der Waals surface area contributed by atoms with Gasteiger partial charge < -0.3 is 13.9 Å². The Hall–Kier alpha value is -8.92. The summed E-state index contributed by atoms with van der Waals surface area (Å²) in [6.07, 6.45) is 0. The Kier molecular flexibility index (Phi) is 9.17. The summed E-state index contributed by atoms with van der Waals surface area (Å²) in [5.74, 6) is 0. The molecule has 13 rings (SSSR count). The Morgan fingerprint density at radius 1 is 0.299 bits per heavy atom. The molecule has 0 aliphatic heterocycles. The van der Waals surface area contributed by atoms with Crippen molar-refractivity contribution in [3.05, 3.63) is 255 Å². The van der Waals surface area contributed by atoms with Crippen LogP contribution in [0.5, 0.6) is 0 Å². The molecule has 2 aromatic heterocycles. The molecule has 0 aliphatic carbocycles. The molecule has 0 saturated carbocycles. The minimum atomic E-state index is 0.883. The number of hydrogen-bond donors (Lipinski definition) is 0. The molecule has 0 saturated heterocycles. The van der Waals surface area contributed by atoms with Crippen LogP contribution in [0.25, 0.3) is 105 Å². The van der Waals surface area contributed by atoms with Crippen LogP contribution in [-0.4, -0.2) is 4.57 Å². The van der Waals surface area contributed by atoms with Crippen molar-refractivity contribution in [2.45, 2.75) is 0 Å². The van der Waals surface area contributed by atoms with Crippen molar-refractivity contribution in [1.82, 2.24) is 4.57 Å². The van der Waals surface area contributed by atoms with Gasteiger partial charge in [0.15, 0.2) is 0 Å². The number of furan rings is 1. The molecule has 0 atom stereocenters. The molecule has 67 heavy (non-hydrogen) atoms. The highest BCUT2D eigenvalue weighted by Crippen LogP contribution is 2.44. The van der Waals surface area contributed by atoms with E-state index in [4.69, 9.17) is 4.42 Å². The zero-order chi connectivity index (χ0) is 44.3. The van der Waals surface area contributed by atoms with Crippen LogP contribution in [0.3, 0.4) is 0 Å². The second-order valence-corrected chi connectivity index (χ2v) is 17.3. The lowest BCUT2D eigenvalue weighted by Gasteiger charge is -2.26. The second kappa shape index (κ2) is 16.0. The zero-order valence-corrected chi connectivity index (χ0v) is 36.6. The monoisotopic (exact) mass is 854 g/mol. The van der Waals surface area contributed by atoms with E-state index in [0.717, 1.165) is 61.3 Å². The highest BCUT2D eigenvalue weighted by molar-refractivity contribution is 6.18. The Balaban J connectivity index is 0.919. The molecule has 2 heterocycles. The summed E-state index contributed by atoms with van der Waals surface area (Å²) in [7, 11) is 0. The number of para-hydroxylation sites is 2. The highest BCUT2D eigenvalue weighted by Gasteiger charge is 2.21. The smallest absolute Gasteiger partial charge is 0.137 e. The number of nitrogens with zero attached hydrogens (tertiary/aromatic N) is 2. The maximum Gasteiger partial charge on any atom is 0.137 e. The van der Waals surface area contributed by atoms with E-state index in [9.17, 15) is 0 Å². The van der Waals surface area contributed by atoms with E-state index in [1.54, 1.807) is 0 Å². The molecule has 0 N–H and O–H groups in total. The summed E-state index contributed by atoms with van der Waals surface area (Å²) in [6, 6.07) is 91.9. The second-order valence-electron chi connectivity index (χ2n) is 17.3. The Bertz CT molecular complexity index is 3950. The molecule has 0 unspecified atom stereocenters. The topological polar surface area (TPSA) is 21.3 Å². The van der Waals surface area contributed by atoms with E-state index < -0.39 is 0 Å². The molecule has 0 radical (unpaired) electrons. The quantitative estimate of drug-likeness (QED) is 0.152. The molecule has 13 aromatic rings. The standard InChI is InChI=1S/C64H42N2O/c1-2-14-43(15-3-1)45-34-38-50(39-35-45)65(51-40-36-46(37-41-51)44-30-32-48(33-31-44)54-23-11-17-47-16-4-5-20-53(47)54)52-19-10-18-49(42-52)55-24-12-26-59-63(55)56-21-6-8-25-58(56)66(59)60-27-13-29-62-64(60)57-22-7-9-28-61(57)67-62/h1-42H. The van der Waals surface area contributed by atoms with Gasteiger partial charge in [-0.25, -0.2) is 0 Å². The molecule has 11 aromatic carbocycles. The van der Waals surface area contributed by atoms with E-state index in [1.807, 2.05) is 6.07 Å². The van der Waals surface area contributed by atoms with Crippen molar-refractivity contribution < 1.29 is 4.42 Å². The van der Waals surface area contributed by atoms with E-state index in [0.29, 0.717) is 0 Å². The molecular weight excluding hydrogens is 813 g/mol. The number of benzene rings is 11. The van der Waals surface area contributed by atoms with Gasteiger partial charge in [0.05, 0.1) is 22.1 Å². The molecule has 0 fully saturated rings. The van der Waals surface area contributed by atoms with Gasteiger partial charge in [-0.05, 0) is 122 Å². The zero-order valence-electron chi connectivity index (χ0n) is 36.6. The van der Waals surface area contributed by atoms with Crippen molar-refractivity contribution in [3.63, 3.8) is 0 Å². The van der Waals surface area contributed by atoms with Gasteiger partial charge in [-0.2, -0.15) is 0 Å². The van der Waals surface area contributed by atoms with Crippen LogP contribution in [0.4, 0.5) is 17.1 Å². The maximum absolute atomic E-state index is 6.39. The third kappa shape index (κ3) is 6.59. The number of hydrogen-bond acceptors (Lipinski definition) is 2. The molecule has 0 aliphatic rings. The van der Waals surface area contributed by atoms with Crippen molar-refractivity contribution in [2.24, 2.45) is 0 Å². The van der Waals surface area contributed by atoms with Crippen LogP contribution in [-0.2, 0) is 0 Å². The van der Waals surface area contributed by atoms with Gasteiger partial charge >= 0.3 is 0 Å². The fourth-order valence-corrected chi connectivity index (χ4v) is 10.3. The Labute approximate surface area is 388 Å². The van der Waals surface area contributed by atoms with Crippen LogP contribution in [0.1, 0.15) is 0 Å². The van der Waals surface area contributed by atoms with Gasteiger partial charge in [0.25, 0.3) is 0 Å². The van der Waals surface area contributed by atoms with Crippen LogP contribution in [0.2, 0.25) is 0 Å². The van der Waals surface area contributed by atoms with Gasteiger partial charge in [-0.1, -0.05) is 188 Å². The molecular formula is C64H42N2O. The molecule has 314 valence electrons. The van der Waals surface area contributed by atoms with Gasteiger partial charge in [-0.3, -0.25) is 0 Å².